The first-order valence-electron chi connectivity index (χ1n) is 4.13. The first kappa shape index (κ1) is 9.45. The van der Waals surface area contributed by atoms with Crippen molar-refractivity contribution in [3.05, 3.63) is 42.7 Å². The first-order valence-corrected chi connectivity index (χ1v) is 4.13. The third-order valence-electron chi connectivity index (χ3n) is 1.58. The number of hydrogen-bond donors (Lipinski definition) is 1. The molecule has 1 N–H and O–H groups in total. The lowest BCUT2D eigenvalue weighted by Gasteiger charge is -2.01. The lowest BCUT2D eigenvalue weighted by atomic mass is 10.2. The van der Waals surface area contributed by atoms with Crippen LogP contribution in [0, 0.1) is 0 Å². The van der Waals surface area contributed by atoms with Gasteiger partial charge in [0.15, 0.2) is 0 Å². The van der Waals surface area contributed by atoms with Gasteiger partial charge in [0.25, 0.3) is 5.91 Å². The van der Waals surface area contributed by atoms with E-state index in [1.807, 2.05) is 0 Å². The fraction of sp³-hybridized carbons (Fsp3) is 0.200. The molecular formula is C10H12N2O. The Kier molecular flexibility index (Phi) is 3.70. The molecule has 1 aromatic heterocycles. The molecule has 3 heteroatoms. The molecule has 0 saturated carbocycles. The Morgan fingerprint density at radius 2 is 2.23 bits per heavy atom. The summed E-state index contributed by atoms with van der Waals surface area (Å²) >= 11 is 0. The van der Waals surface area contributed by atoms with Crippen LogP contribution in [0.5, 0.6) is 0 Å². The highest BCUT2D eigenvalue weighted by Crippen LogP contribution is 1.95. The van der Waals surface area contributed by atoms with Crippen LogP contribution in [0.3, 0.4) is 0 Å². The number of aromatic nitrogens is 1. The van der Waals surface area contributed by atoms with Crippen LogP contribution >= 0.6 is 0 Å². The van der Waals surface area contributed by atoms with Gasteiger partial charge in [-0.25, -0.2) is 0 Å². The maximum absolute atomic E-state index is 11.3. The van der Waals surface area contributed by atoms with Crippen LogP contribution in [0.1, 0.15) is 16.8 Å². The molecule has 0 bridgehead atoms. The number of amides is 1. The minimum Gasteiger partial charge on any atom is -0.352 e. The summed E-state index contributed by atoms with van der Waals surface area (Å²) in [5.41, 5.74) is 0.638. The molecular weight excluding hydrogens is 164 g/mol. The number of carbonyl (C=O) groups is 1. The summed E-state index contributed by atoms with van der Waals surface area (Å²) in [4.78, 5) is 15.2. The van der Waals surface area contributed by atoms with Crippen molar-refractivity contribution in [2.45, 2.75) is 6.42 Å². The highest BCUT2D eigenvalue weighted by Gasteiger charge is 2.01. The average molecular weight is 176 g/mol. The Hall–Kier alpha value is -1.64. The Morgan fingerprint density at radius 1 is 1.54 bits per heavy atom. The van der Waals surface area contributed by atoms with Crippen LogP contribution in [0.2, 0.25) is 0 Å². The van der Waals surface area contributed by atoms with Crippen LogP contribution in [0.25, 0.3) is 0 Å². The molecule has 0 spiro atoms. The molecule has 0 aliphatic rings. The van der Waals surface area contributed by atoms with E-state index in [1.54, 1.807) is 30.6 Å². The van der Waals surface area contributed by atoms with Gasteiger partial charge in [0, 0.05) is 24.5 Å². The van der Waals surface area contributed by atoms with Crippen LogP contribution in [0.15, 0.2) is 37.2 Å². The molecule has 0 saturated heterocycles. The van der Waals surface area contributed by atoms with Gasteiger partial charge < -0.3 is 5.32 Å². The molecule has 0 unspecified atom stereocenters. The van der Waals surface area contributed by atoms with E-state index in [4.69, 9.17) is 0 Å². The van der Waals surface area contributed by atoms with Crippen LogP contribution in [0.4, 0.5) is 0 Å². The van der Waals surface area contributed by atoms with Gasteiger partial charge in [0.2, 0.25) is 0 Å². The smallest absolute Gasteiger partial charge is 0.251 e. The Morgan fingerprint density at radius 3 is 2.85 bits per heavy atom. The van der Waals surface area contributed by atoms with Gasteiger partial charge in [0.1, 0.15) is 0 Å². The highest BCUT2D eigenvalue weighted by molar-refractivity contribution is 5.93. The molecule has 0 aliphatic heterocycles. The molecule has 0 atom stereocenters. The number of carbonyl (C=O) groups excluding carboxylic acids is 1. The molecule has 1 heterocycles. The topological polar surface area (TPSA) is 42.0 Å². The maximum atomic E-state index is 11.3. The van der Waals surface area contributed by atoms with Crippen LogP contribution in [-0.4, -0.2) is 17.4 Å². The third kappa shape index (κ3) is 3.07. The minimum atomic E-state index is -0.0655. The second kappa shape index (κ2) is 5.09. The summed E-state index contributed by atoms with van der Waals surface area (Å²) in [6.07, 6.45) is 5.76. The average Bonchev–Trinajstić information content (AvgIpc) is 2.19. The Balaban J connectivity index is 2.45. The Labute approximate surface area is 77.5 Å². The normalized spacial score (nSPS) is 9.23. The van der Waals surface area contributed by atoms with Crippen molar-refractivity contribution in [1.82, 2.24) is 10.3 Å². The molecule has 0 aromatic carbocycles. The zero-order chi connectivity index (χ0) is 9.52. The lowest BCUT2D eigenvalue weighted by molar-refractivity contribution is 0.0954. The second-order valence-electron chi connectivity index (χ2n) is 2.57. The van der Waals surface area contributed by atoms with E-state index in [2.05, 4.69) is 16.9 Å². The summed E-state index contributed by atoms with van der Waals surface area (Å²) < 4.78 is 0. The van der Waals surface area contributed by atoms with Gasteiger partial charge in [-0.15, -0.1) is 6.58 Å². The number of rotatable bonds is 4. The molecule has 3 nitrogen and oxygen atoms in total. The van der Waals surface area contributed by atoms with Crippen molar-refractivity contribution in [2.75, 3.05) is 6.54 Å². The van der Waals surface area contributed by atoms with E-state index in [-0.39, 0.29) is 5.91 Å². The van der Waals surface area contributed by atoms with Crippen molar-refractivity contribution in [3.63, 3.8) is 0 Å². The fourth-order valence-corrected chi connectivity index (χ4v) is 0.893. The summed E-state index contributed by atoms with van der Waals surface area (Å²) in [5, 5.41) is 2.76. The van der Waals surface area contributed by atoms with Crippen LogP contribution < -0.4 is 5.32 Å². The molecule has 0 fully saturated rings. The number of hydrogen-bond acceptors (Lipinski definition) is 2. The second-order valence-corrected chi connectivity index (χ2v) is 2.57. The Bertz CT molecular complexity index is 282. The predicted octanol–water partition coefficient (Wildman–Crippen LogP) is 1.39. The summed E-state index contributed by atoms with van der Waals surface area (Å²) in [6, 6.07) is 3.37. The van der Waals surface area contributed by atoms with E-state index in [9.17, 15) is 4.79 Å². The fourth-order valence-electron chi connectivity index (χ4n) is 0.893. The molecule has 0 aliphatic carbocycles. The van der Waals surface area contributed by atoms with E-state index in [0.717, 1.165) is 6.42 Å². The largest absolute Gasteiger partial charge is 0.352 e. The number of pyridine rings is 1. The standard InChI is InChI=1S/C10H12N2O/c1-2-3-6-12-10(13)9-4-7-11-8-5-9/h2,4-5,7-8H,1,3,6H2,(H,12,13). The zero-order valence-electron chi connectivity index (χ0n) is 7.36. The quantitative estimate of drug-likeness (QED) is 0.556. The van der Waals surface area contributed by atoms with Crippen molar-refractivity contribution >= 4 is 5.91 Å². The van der Waals surface area contributed by atoms with Crippen molar-refractivity contribution in [1.29, 1.82) is 0 Å². The lowest BCUT2D eigenvalue weighted by Crippen LogP contribution is -2.23. The third-order valence-corrected chi connectivity index (χ3v) is 1.58. The van der Waals surface area contributed by atoms with Gasteiger partial charge >= 0.3 is 0 Å². The SMILES string of the molecule is C=CCCNC(=O)c1ccncc1. The van der Waals surface area contributed by atoms with E-state index < -0.39 is 0 Å². The molecule has 1 amide bonds. The predicted molar refractivity (Wildman–Crippen MR) is 51.4 cm³/mol. The summed E-state index contributed by atoms with van der Waals surface area (Å²) in [7, 11) is 0. The number of nitrogens with zero attached hydrogens (tertiary/aromatic N) is 1. The molecule has 1 rings (SSSR count). The van der Waals surface area contributed by atoms with E-state index in [1.165, 1.54) is 0 Å². The maximum Gasteiger partial charge on any atom is 0.251 e. The van der Waals surface area contributed by atoms with Crippen LogP contribution in [-0.2, 0) is 0 Å². The van der Waals surface area contributed by atoms with Gasteiger partial charge in [-0.05, 0) is 18.6 Å². The van der Waals surface area contributed by atoms with Gasteiger partial charge in [-0.3, -0.25) is 9.78 Å². The molecule has 13 heavy (non-hydrogen) atoms. The minimum absolute atomic E-state index is 0.0655. The van der Waals surface area contributed by atoms with Gasteiger partial charge in [-0.2, -0.15) is 0 Å². The van der Waals surface area contributed by atoms with E-state index in [0.29, 0.717) is 12.1 Å². The summed E-state index contributed by atoms with van der Waals surface area (Å²) in [6.45, 7) is 4.20. The van der Waals surface area contributed by atoms with E-state index >= 15 is 0 Å². The molecule has 68 valence electrons. The zero-order valence-corrected chi connectivity index (χ0v) is 7.36. The van der Waals surface area contributed by atoms with Crippen molar-refractivity contribution < 1.29 is 4.79 Å². The highest BCUT2D eigenvalue weighted by atomic mass is 16.1. The monoisotopic (exact) mass is 176 g/mol. The summed E-state index contributed by atoms with van der Waals surface area (Å²) in [5.74, 6) is -0.0655. The van der Waals surface area contributed by atoms with Crippen molar-refractivity contribution in [2.24, 2.45) is 0 Å². The molecule has 1 aromatic rings. The number of nitrogens with one attached hydrogen (secondary N) is 1. The van der Waals surface area contributed by atoms with Crippen molar-refractivity contribution in [3.8, 4) is 0 Å². The molecule has 0 radical (unpaired) electrons. The van der Waals surface area contributed by atoms with Gasteiger partial charge in [0.05, 0.1) is 0 Å². The first-order chi connectivity index (χ1) is 6.34. The van der Waals surface area contributed by atoms with Gasteiger partial charge in [-0.1, -0.05) is 6.08 Å².